The first-order valence-corrected chi connectivity index (χ1v) is 8.23. The summed E-state index contributed by atoms with van der Waals surface area (Å²) in [5, 5.41) is 0.663. The van der Waals surface area contributed by atoms with Gasteiger partial charge >= 0.3 is 0 Å². The third-order valence-electron chi connectivity index (χ3n) is 3.31. The van der Waals surface area contributed by atoms with E-state index in [-0.39, 0.29) is 0 Å². The molecule has 0 aliphatic carbocycles. The number of aromatic nitrogens is 3. The highest BCUT2D eigenvalue weighted by Gasteiger charge is 2.11. The van der Waals surface area contributed by atoms with E-state index in [2.05, 4.69) is 14.7 Å². The summed E-state index contributed by atoms with van der Waals surface area (Å²) >= 11 is 13.0. The molecule has 1 aliphatic heterocycles. The van der Waals surface area contributed by atoms with Crippen LogP contribution in [0.5, 0.6) is 0 Å². The van der Waals surface area contributed by atoms with Gasteiger partial charge in [0, 0.05) is 0 Å². The van der Waals surface area contributed by atoms with Crippen LogP contribution in [0.25, 0.3) is 0 Å². The Morgan fingerprint density at radius 2 is 2.05 bits per heavy atom. The first kappa shape index (κ1) is 14.9. The lowest BCUT2D eigenvalue weighted by Crippen LogP contribution is -2.23. The number of pyridine rings is 1. The highest BCUT2D eigenvalue weighted by atomic mass is 35.5. The van der Waals surface area contributed by atoms with Gasteiger partial charge in [-0.1, -0.05) is 22.9 Å². The average molecular weight is 343 g/mol. The number of rotatable bonds is 1. The maximum atomic E-state index is 6.09. The molecule has 0 amide bonds. The van der Waals surface area contributed by atoms with E-state index in [9.17, 15) is 0 Å². The number of ether oxygens (including phenoxy) is 1. The van der Waals surface area contributed by atoms with Crippen molar-refractivity contribution < 1.29 is 4.74 Å². The first-order chi connectivity index (χ1) is 10.1. The predicted octanol–water partition coefficient (Wildman–Crippen LogP) is 3.01. The zero-order valence-electron chi connectivity index (χ0n) is 11.8. The van der Waals surface area contributed by atoms with Gasteiger partial charge in [-0.25, -0.2) is 4.98 Å². The number of hydrogen-bond donors (Lipinski definition) is 0. The molecule has 0 atom stereocenters. The molecule has 5 nitrogen and oxygen atoms in total. The standard InChI is InChI=1S/C13H15ClN4OS2/c1-8-7-10(14)9(2)15-11(8)16-12-17-3-5-19-6-4-18(17)13(20)21-12/h7H,3-6H2,1-2H3. The van der Waals surface area contributed by atoms with Crippen LogP contribution in [0.15, 0.2) is 11.1 Å². The molecule has 0 radical (unpaired) electrons. The molecule has 112 valence electrons. The molecular formula is C13H15ClN4OS2. The fourth-order valence-electron chi connectivity index (χ4n) is 2.16. The molecule has 0 saturated heterocycles. The Morgan fingerprint density at radius 3 is 2.81 bits per heavy atom. The summed E-state index contributed by atoms with van der Waals surface area (Å²) in [6.45, 7) is 6.70. The molecule has 3 rings (SSSR count). The number of hydrogen-bond acceptors (Lipinski definition) is 5. The minimum atomic E-state index is 0.663. The van der Waals surface area contributed by atoms with Gasteiger partial charge in [-0.05, 0) is 37.7 Å². The Balaban J connectivity index is 2.17. The Kier molecular flexibility index (Phi) is 4.26. The molecule has 0 saturated carbocycles. The first-order valence-electron chi connectivity index (χ1n) is 6.63. The van der Waals surface area contributed by atoms with Crippen LogP contribution in [0, 0.1) is 17.8 Å². The van der Waals surface area contributed by atoms with Gasteiger partial charge in [0.1, 0.15) is 0 Å². The lowest BCUT2D eigenvalue weighted by atomic mass is 10.2. The van der Waals surface area contributed by atoms with Crippen molar-refractivity contribution in [3.8, 4) is 0 Å². The van der Waals surface area contributed by atoms with Gasteiger partial charge in [-0.2, -0.15) is 4.99 Å². The Labute approximate surface area is 136 Å². The van der Waals surface area contributed by atoms with Crippen molar-refractivity contribution in [3.63, 3.8) is 0 Å². The van der Waals surface area contributed by atoms with E-state index in [0.29, 0.717) is 24.1 Å². The van der Waals surface area contributed by atoms with Crippen molar-refractivity contribution in [2.24, 2.45) is 4.99 Å². The van der Waals surface area contributed by atoms with Crippen molar-refractivity contribution >= 4 is 41.0 Å². The average Bonchev–Trinajstić information content (AvgIpc) is 2.64. The molecule has 0 N–H and O–H groups in total. The van der Waals surface area contributed by atoms with Crippen LogP contribution in [0.3, 0.4) is 0 Å². The van der Waals surface area contributed by atoms with Crippen molar-refractivity contribution in [1.29, 1.82) is 0 Å². The lowest BCUT2D eigenvalue weighted by molar-refractivity contribution is 0.137. The van der Waals surface area contributed by atoms with Crippen LogP contribution in [0.2, 0.25) is 5.02 Å². The second-order valence-electron chi connectivity index (χ2n) is 4.82. The monoisotopic (exact) mass is 342 g/mol. The van der Waals surface area contributed by atoms with Crippen LogP contribution in [0.4, 0.5) is 5.82 Å². The number of nitrogens with zero attached hydrogens (tertiary/aromatic N) is 4. The Hall–Kier alpha value is -1.02. The summed E-state index contributed by atoms with van der Waals surface area (Å²) in [5.74, 6) is 0.689. The predicted molar refractivity (Wildman–Crippen MR) is 85.9 cm³/mol. The topological polar surface area (TPSA) is 44.3 Å². The molecule has 0 bridgehead atoms. The molecule has 2 aromatic rings. The van der Waals surface area contributed by atoms with Gasteiger partial charge < -0.3 is 4.74 Å². The van der Waals surface area contributed by atoms with Crippen LogP contribution >= 0.6 is 35.2 Å². The molecule has 21 heavy (non-hydrogen) atoms. The summed E-state index contributed by atoms with van der Waals surface area (Å²) in [4.78, 5) is 10.0. The second-order valence-corrected chi connectivity index (χ2v) is 6.83. The van der Waals surface area contributed by atoms with Crippen molar-refractivity contribution in [3.05, 3.63) is 31.1 Å². The van der Waals surface area contributed by atoms with E-state index in [1.54, 1.807) is 0 Å². The molecule has 0 spiro atoms. The Bertz CT molecular complexity index is 805. The van der Waals surface area contributed by atoms with E-state index < -0.39 is 0 Å². The maximum absolute atomic E-state index is 6.09. The molecule has 8 heteroatoms. The smallest absolute Gasteiger partial charge is 0.209 e. The van der Waals surface area contributed by atoms with E-state index in [0.717, 1.165) is 33.1 Å². The highest BCUT2D eigenvalue weighted by Crippen LogP contribution is 2.22. The summed E-state index contributed by atoms with van der Waals surface area (Å²) in [5.41, 5.74) is 1.73. The zero-order valence-corrected chi connectivity index (χ0v) is 14.2. The van der Waals surface area contributed by atoms with Crippen LogP contribution in [0.1, 0.15) is 11.3 Å². The quantitative estimate of drug-likeness (QED) is 0.748. The summed E-state index contributed by atoms with van der Waals surface area (Å²) < 4.78 is 10.4. The second kappa shape index (κ2) is 6.00. The van der Waals surface area contributed by atoms with Gasteiger partial charge in [0.15, 0.2) is 9.77 Å². The number of aryl methyl sites for hydroxylation is 2. The molecular weight excluding hydrogens is 328 g/mol. The van der Waals surface area contributed by atoms with Crippen LogP contribution < -0.4 is 4.80 Å². The van der Waals surface area contributed by atoms with Crippen molar-refractivity contribution in [2.75, 3.05) is 13.2 Å². The minimum absolute atomic E-state index is 0.663. The zero-order chi connectivity index (χ0) is 15.0. The van der Waals surface area contributed by atoms with Crippen molar-refractivity contribution in [1.82, 2.24) is 14.3 Å². The third kappa shape index (κ3) is 2.96. The molecule has 2 aromatic heterocycles. The lowest BCUT2D eigenvalue weighted by Gasteiger charge is -2.06. The molecule has 0 unspecified atom stereocenters. The van der Waals surface area contributed by atoms with Gasteiger partial charge in [-0.3, -0.25) is 9.36 Å². The van der Waals surface area contributed by atoms with Crippen LogP contribution in [-0.4, -0.2) is 27.6 Å². The number of halogens is 1. The van der Waals surface area contributed by atoms with E-state index >= 15 is 0 Å². The summed E-state index contributed by atoms with van der Waals surface area (Å²) in [6, 6.07) is 1.89. The minimum Gasteiger partial charge on any atom is -0.378 e. The molecule has 0 fully saturated rings. The highest BCUT2D eigenvalue weighted by molar-refractivity contribution is 7.73. The third-order valence-corrected chi connectivity index (χ3v) is 5.03. The van der Waals surface area contributed by atoms with Gasteiger partial charge in [-0.15, -0.1) is 0 Å². The fourth-order valence-corrected chi connectivity index (χ4v) is 3.66. The van der Waals surface area contributed by atoms with Crippen molar-refractivity contribution in [2.45, 2.75) is 26.9 Å². The summed E-state index contributed by atoms with van der Waals surface area (Å²) in [6.07, 6.45) is 0. The SMILES string of the molecule is Cc1cc(Cl)c(C)nc1N=c1sc(=S)n2n1CCOCC2. The van der Waals surface area contributed by atoms with Gasteiger partial charge in [0.2, 0.25) is 4.80 Å². The van der Waals surface area contributed by atoms with Gasteiger partial charge in [0.25, 0.3) is 0 Å². The fraction of sp³-hybridized carbons (Fsp3) is 0.462. The van der Waals surface area contributed by atoms with E-state index in [4.69, 9.17) is 28.6 Å². The maximum Gasteiger partial charge on any atom is 0.209 e. The van der Waals surface area contributed by atoms with E-state index in [1.807, 2.05) is 24.6 Å². The van der Waals surface area contributed by atoms with Crippen LogP contribution in [-0.2, 0) is 17.8 Å². The van der Waals surface area contributed by atoms with Gasteiger partial charge in [0.05, 0.1) is 37.0 Å². The Morgan fingerprint density at radius 1 is 1.33 bits per heavy atom. The largest absolute Gasteiger partial charge is 0.378 e. The summed E-state index contributed by atoms with van der Waals surface area (Å²) in [7, 11) is 0. The normalized spacial score (nSPS) is 15.9. The molecule has 0 aromatic carbocycles. The molecule has 3 heterocycles. The van der Waals surface area contributed by atoms with E-state index in [1.165, 1.54) is 11.3 Å². The number of fused-ring (bicyclic) bond motifs is 1. The molecule has 1 aliphatic rings.